The number of aryl methyl sites for hydroxylation is 1. The Hall–Kier alpha value is -1.03. The fourth-order valence-electron chi connectivity index (χ4n) is 3.57. The van der Waals surface area contributed by atoms with Crippen LogP contribution in [0.4, 0.5) is 5.95 Å². The predicted octanol–water partition coefficient (Wildman–Crippen LogP) is 2.48. The minimum atomic E-state index is 0.650. The van der Waals surface area contributed by atoms with Crippen molar-refractivity contribution >= 4 is 5.95 Å². The molecule has 1 saturated carbocycles. The first-order valence-corrected chi connectivity index (χ1v) is 7.78. The highest BCUT2D eigenvalue weighted by Crippen LogP contribution is 2.33. The third-order valence-corrected chi connectivity index (χ3v) is 4.70. The van der Waals surface area contributed by atoms with Crippen LogP contribution in [0.15, 0.2) is 6.20 Å². The molecule has 106 valence electrons. The molecule has 1 aromatic heterocycles. The zero-order valence-electron chi connectivity index (χ0n) is 12.0. The molecule has 19 heavy (non-hydrogen) atoms. The molecule has 1 aliphatic carbocycles. The molecule has 0 radical (unpaired) electrons. The number of anilines is 1. The van der Waals surface area contributed by atoms with Gasteiger partial charge in [0, 0.05) is 25.3 Å². The fourth-order valence-corrected chi connectivity index (χ4v) is 3.57. The monoisotopic (exact) mass is 262 g/mol. The molecule has 1 unspecified atom stereocenters. The molecule has 4 nitrogen and oxygen atoms in total. The van der Waals surface area contributed by atoms with Gasteiger partial charge in [0.25, 0.3) is 0 Å². The van der Waals surface area contributed by atoms with Gasteiger partial charge in [-0.25, -0.2) is 4.98 Å². The second-order valence-corrected chi connectivity index (χ2v) is 6.22. The van der Waals surface area contributed by atoms with Crippen molar-refractivity contribution in [1.29, 1.82) is 0 Å². The molecule has 2 aliphatic rings. The van der Waals surface area contributed by atoms with E-state index >= 15 is 0 Å². The van der Waals surface area contributed by atoms with Gasteiger partial charge in [0.2, 0.25) is 5.95 Å². The minimum Gasteiger partial charge on any atom is -0.342 e. The molecule has 0 amide bonds. The number of aromatic nitrogens is 2. The van der Waals surface area contributed by atoms with Gasteiger partial charge < -0.3 is 15.2 Å². The summed E-state index contributed by atoms with van der Waals surface area (Å²) in [5.74, 6) is 1.84. The molecule has 0 bridgehead atoms. The quantitative estimate of drug-likeness (QED) is 0.910. The summed E-state index contributed by atoms with van der Waals surface area (Å²) in [6.45, 7) is 5.11. The topological polar surface area (TPSA) is 47.1 Å². The van der Waals surface area contributed by atoms with E-state index < -0.39 is 0 Å². The van der Waals surface area contributed by atoms with Crippen LogP contribution in [0.25, 0.3) is 0 Å². The first kappa shape index (κ1) is 13.0. The van der Waals surface area contributed by atoms with Crippen LogP contribution < -0.4 is 10.6 Å². The predicted molar refractivity (Wildman–Crippen MR) is 78.5 cm³/mol. The molecule has 2 heterocycles. The molecule has 1 aliphatic heterocycles. The van der Waals surface area contributed by atoms with E-state index in [2.05, 4.69) is 22.6 Å². The Bertz CT molecular complexity index is 420. The molecule has 3 rings (SSSR count). The first-order valence-electron chi connectivity index (χ1n) is 7.78. The Morgan fingerprint density at radius 1 is 1.26 bits per heavy atom. The average Bonchev–Trinajstić information content (AvgIpc) is 3.05. The smallest absolute Gasteiger partial charge is 0.205 e. The average molecular weight is 262 g/mol. The fraction of sp³-hybridized carbons (Fsp3) is 0.800. The van der Waals surface area contributed by atoms with E-state index in [1.165, 1.54) is 44.5 Å². The lowest BCUT2D eigenvalue weighted by Crippen LogP contribution is -2.27. The summed E-state index contributed by atoms with van der Waals surface area (Å²) < 4.78 is 2.45. The Kier molecular flexibility index (Phi) is 3.78. The number of rotatable bonds is 3. The molecule has 2 N–H and O–H groups in total. The van der Waals surface area contributed by atoms with Gasteiger partial charge in [-0.15, -0.1) is 0 Å². The van der Waals surface area contributed by atoms with Crippen LogP contribution in [0.1, 0.15) is 50.3 Å². The molecule has 1 aromatic rings. The van der Waals surface area contributed by atoms with Crippen LogP contribution in [0, 0.1) is 12.8 Å². The van der Waals surface area contributed by atoms with Crippen LogP contribution in [-0.4, -0.2) is 29.2 Å². The molecule has 0 spiro atoms. The summed E-state index contributed by atoms with van der Waals surface area (Å²) in [7, 11) is 0. The Labute approximate surface area is 116 Å². The van der Waals surface area contributed by atoms with E-state index in [0.29, 0.717) is 12.0 Å². The van der Waals surface area contributed by atoms with Gasteiger partial charge in [0.1, 0.15) is 0 Å². The maximum absolute atomic E-state index is 5.81. The highest BCUT2D eigenvalue weighted by molar-refractivity contribution is 5.36. The Morgan fingerprint density at radius 3 is 2.74 bits per heavy atom. The molecule has 4 heteroatoms. The maximum Gasteiger partial charge on any atom is 0.205 e. The largest absolute Gasteiger partial charge is 0.342 e. The van der Waals surface area contributed by atoms with Gasteiger partial charge in [-0.2, -0.15) is 0 Å². The summed E-state index contributed by atoms with van der Waals surface area (Å²) in [6.07, 6.45) is 10.2. The number of nitrogens with two attached hydrogens (primary N) is 1. The Morgan fingerprint density at radius 2 is 2.05 bits per heavy atom. The lowest BCUT2D eigenvalue weighted by atomic mass is 9.95. The zero-order chi connectivity index (χ0) is 13.2. The van der Waals surface area contributed by atoms with E-state index in [-0.39, 0.29) is 0 Å². The van der Waals surface area contributed by atoms with Crippen molar-refractivity contribution in [2.75, 3.05) is 24.5 Å². The van der Waals surface area contributed by atoms with E-state index in [1.807, 2.05) is 0 Å². The standard InChI is InChI=1S/C15H26N4/c1-12-10-19(14-5-3-2-4-6-14)15(17-12)18-8-7-13(9-16)11-18/h10,13-14H,2-9,11,16H2,1H3. The maximum atomic E-state index is 5.81. The molecular formula is C15H26N4. The number of hydrogen-bond donors (Lipinski definition) is 1. The molecule has 2 fully saturated rings. The lowest BCUT2D eigenvalue weighted by Gasteiger charge is -2.27. The second kappa shape index (κ2) is 5.53. The van der Waals surface area contributed by atoms with Gasteiger partial charge in [-0.3, -0.25) is 0 Å². The SMILES string of the molecule is Cc1cn(C2CCCCC2)c(N2CCC(CN)C2)n1. The van der Waals surface area contributed by atoms with E-state index in [9.17, 15) is 0 Å². The molecule has 0 aromatic carbocycles. The van der Waals surface area contributed by atoms with Gasteiger partial charge in [-0.05, 0) is 38.6 Å². The summed E-state index contributed by atoms with van der Waals surface area (Å²) >= 11 is 0. The van der Waals surface area contributed by atoms with E-state index in [1.54, 1.807) is 0 Å². The Balaban J connectivity index is 1.80. The van der Waals surface area contributed by atoms with Crippen LogP contribution in [0.2, 0.25) is 0 Å². The summed E-state index contributed by atoms with van der Waals surface area (Å²) in [6, 6.07) is 0.668. The van der Waals surface area contributed by atoms with Crippen LogP contribution >= 0.6 is 0 Å². The van der Waals surface area contributed by atoms with Gasteiger partial charge in [0.05, 0.1) is 5.69 Å². The van der Waals surface area contributed by atoms with Crippen molar-refractivity contribution in [3.8, 4) is 0 Å². The van der Waals surface area contributed by atoms with E-state index in [0.717, 1.165) is 25.3 Å². The first-order chi connectivity index (χ1) is 9.28. The summed E-state index contributed by atoms with van der Waals surface area (Å²) in [4.78, 5) is 7.23. The highest BCUT2D eigenvalue weighted by atomic mass is 15.3. The number of nitrogens with zero attached hydrogens (tertiary/aromatic N) is 3. The van der Waals surface area contributed by atoms with Gasteiger partial charge in [0.15, 0.2) is 0 Å². The number of imidazole rings is 1. The third kappa shape index (κ3) is 2.64. The highest BCUT2D eigenvalue weighted by Gasteiger charge is 2.27. The van der Waals surface area contributed by atoms with Gasteiger partial charge >= 0.3 is 0 Å². The normalized spacial score (nSPS) is 25.2. The summed E-state index contributed by atoms with van der Waals surface area (Å²) in [5.41, 5.74) is 6.96. The van der Waals surface area contributed by atoms with Gasteiger partial charge in [-0.1, -0.05) is 19.3 Å². The second-order valence-electron chi connectivity index (χ2n) is 6.22. The van der Waals surface area contributed by atoms with Crippen LogP contribution in [-0.2, 0) is 0 Å². The molecular weight excluding hydrogens is 236 g/mol. The van der Waals surface area contributed by atoms with Crippen molar-refractivity contribution in [2.45, 2.75) is 51.5 Å². The summed E-state index contributed by atoms with van der Waals surface area (Å²) in [5, 5.41) is 0. The zero-order valence-corrected chi connectivity index (χ0v) is 12.0. The molecule has 1 atom stereocenters. The van der Waals surface area contributed by atoms with Crippen molar-refractivity contribution in [3.63, 3.8) is 0 Å². The van der Waals surface area contributed by atoms with Crippen molar-refractivity contribution in [3.05, 3.63) is 11.9 Å². The van der Waals surface area contributed by atoms with Crippen LogP contribution in [0.5, 0.6) is 0 Å². The van der Waals surface area contributed by atoms with Crippen molar-refractivity contribution in [1.82, 2.24) is 9.55 Å². The number of hydrogen-bond acceptors (Lipinski definition) is 3. The minimum absolute atomic E-state index is 0.650. The van der Waals surface area contributed by atoms with Crippen LogP contribution in [0.3, 0.4) is 0 Å². The van der Waals surface area contributed by atoms with Crippen molar-refractivity contribution < 1.29 is 0 Å². The van der Waals surface area contributed by atoms with E-state index in [4.69, 9.17) is 10.7 Å². The lowest BCUT2D eigenvalue weighted by molar-refractivity contribution is 0.353. The molecule has 1 saturated heterocycles. The van der Waals surface area contributed by atoms with Crippen molar-refractivity contribution in [2.24, 2.45) is 11.7 Å². The third-order valence-electron chi connectivity index (χ3n) is 4.70.